The summed E-state index contributed by atoms with van der Waals surface area (Å²) in [6.45, 7) is 1.61. The summed E-state index contributed by atoms with van der Waals surface area (Å²) in [6, 6.07) is 23.7. The van der Waals surface area contributed by atoms with Crippen LogP contribution in [0.15, 0.2) is 78.9 Å². The summed E-state index contributed by atoms with van der Waals surface area (Å²) < 4.78 is 5.27. The van der Waals surface area contributed by atoms with Gasteiger partial charge in [0.05, 0.1) is 11.1 Å². The first-order chi connectivity index (χ1) is 16.5. The molecule has 0 saturated heterocycles. The van der Waals surface area contributed by atoms with Gasteiger partial charge in [0.15, 0.2) is 6.10 Å². The topological polar surface area (TPSA) is 92.8 Å². The Morgan fingerprint density at radius 3 is 2.03 bits per heavy atom. The van der Waals surface area contributed by atoms with E-state index in [1.54, 1.807) is 30.3 Å². The summed E-state index contributed by atoms with van der Waals surface area (Å²) in [4.78, 5) is 50.8. The largest absolute Gasteiger partial charge is 0.453 e. The van der Waals surface area contributed by atoms with E-state index in [1.165, 1.54) is 6.92 Å². The first-order valence-electron chi connectivity index (χ1n) is 11.1. The van der Waals surface area contributed by atoms with Gasteiger partial charge in [-0.05, 0) is 37.1 Å². The molecule has 0 spiro atoms. The van der Waals surface area contributed by atoms with Crippen molar-refractivity contribution in [2.75, 3.05) is 11.9 Å². The molecule has 1 unspecified atom stereocenters. The lowest BCUT2D eigenvalue weighted by molar-refractivity contribution is -0.153. The average molecular weight is 456 g/mol. The van der Waals surface area contributed by atoms with Gasteiger partial charge >= 0.3 is 5.97 Å². The van der Waals surface area contributed by atoms with Gasteiger partial charge in [0.25, 0.3) is 17.7 Å². The molecule has 1 heterocycles. The number of nitrogens with one attached hydrogen (secondary N) is 1. The molecule has 0 fully saturated rings. The van der Waals surface area contributed by atoms with Gasteiger partial charge in [-0.15, -0.1) is 0 Å². The highest BCUT2D eigenvalue weighted by atomic mass is 16.5. The Kier molecular flexibility index (Phi) is 6.82. The SMILES string of the molecule is CC(OC(=O)CCCN1C(=O)c2ccccc2C1=O)C(=O)Nc1ccccc1-c1ccccc1. The minimum absolute atomic E-state index is 0.0222. The van der Waals surface area contributed by atoms with Gasteiger partial charge in [0.2, 0.25) is 0 Å². The van der Waals surface area contributed by atoms with E-state index in [2.05, 4.69) is 5.32 Å². The lowest BCUT2D eigenvalue weighted by Crippen LogP contribution is -2.32. The molecule has 0 bridgehead atoms. The number of rotatable bonds is 8. The van der Waals surface area contributed by atoms with Crippen LogP contribution in [0.25, 0.3) is 11.1 Å². The van der Waals surface area contributed by atoms with Crippen molar-refractivity contribution in [3.05, 3.63) is 90.0 Å². The van der Waals surface area contributed by atoms with Crippen LogP contribution in [0.1, 0.15) is 40.5 Å². The Hall–Kier alpha value is -4.26. The molecular formula is C27H24N2O5. The van der Waals surface area contributed by atoms with E-state index in [1.807, 2.05) is 48.5 Å². The van der Waals surface area contributed by atoms with Gasteiger partial charge in [-0.3, -0.25) is 24.1 Å². The van der Waals surface area contributed by atoms with Crippen LogP contribution in [0, 0.1) is 0 Å². The van der Waals surface area contributed by atoms with Gasteiger partial charge in [0, 0.05) is 24.2 Å². The number of hydrogen-bond acceptors (Lipinski definition) is 5. The first kappa shape index (κ1) is 22.9. The quantitative estimate of drug-likeness (QED) is 0.403. The van der Waals surface area contributed by atoms with Crippen molar-refractivity contribution in [3.8, 4) is 11.1 Å². The third-order valence-electron chi connectivity index (χ3n) is 5.59. The molecule has 1 aliphatic rings. The molecule has 3 aromatic rings. The second kappa shape index (κ2) is 10.1. The molecule has 0 aromatic heterocycles. The van der Waals surface area contributed by atoms with Gasteiger partial charge in [-0.1, -0.05) is 60.7 Å². The molecule has 3 amide bonds. The number of nitrogens with zero attached hydrogens (tertiary/aromatic N) is 1. The van der Waals surface area contributed by atoms with Crippen molar-refractivity contribution in [1.82, 2.24) is 4.90 Å². The molecule has 3 aromatic carbocycles. The fourth-order valence-electron chi connectivity index (χ4n) is 3.83. The number of imide groups is 1. The summed E-state index contributed by atoms with van der Waals surface area (Å²) in [5.41, 5.74) is 3.17. The number of esters is 1. The van der Waals surface area contributed by atoms with Gasteiger partial charge in [0.1, 0.15) is 0 Å². The second-order valence-electron chi connectivity index (χ2n) is 7.94. The number of hydrogen-bond donors (Lipinski definition) is 1. The zero-order chi connectivity index (χ0) is 24.1. The number of anilines is 1. The van der Waals surface area contributed by atoms with E-state index in [0.29, 0.717) is 16.8 Å². The Bertz CT molecular complexity index is 1200. The number of benzene rings is 3. The van der Waals surface area contributed by atoms with Crippen LogP contribution in [0.2, 0.25) is 0 Å². The summed E-state index contributed by atoms with van der Waals surface area (Å²) in [5.74, 6) is -1.75. The minimum Gasteiger partial charge on any atom is -0.453 e. The fourth-order valence-corrected chi connectivity index (χ4v) is 3.83. The maximum Gasteiger partial charge on any atom is 0.306 e. The van der Waals surface area contributed by atoms with E-state index in [-0.39, 0.29) is 31.2 Å². The van der Waals surface area contributed by atoms with Crippen LogP contribution in [-0.2, 0) is 14.3 Å². The van der Waals surface area contributed by atoms with Crippen LogP contribution >= 0.6 is 0 Å². The van der Waals surface area contributed by atoms with Crippen molar-refractivity contribution in [2.24, 2.45) is 0 Å². The van der Waals surface area contributed by atoms with Crippen molar-refractivity contribution in [3.63, 3.8) is 0 Å². The number of ether oxygens (including phenoxy) is 1. The van der Waals surface area contributed by atoms with E-state index < -0.39 is 18.0 Å². The Morgan fingerprint density at radius 1 is 0.824 bits per heavy atom. The fraction of sp³-hybridized carbons (Fsp3) is 0.185. The third kappa shape index (κ3) is 4.88. The van der Waals surface area contributed by atoms with Crippen LogP contribution < -0.4 is 5.32 Å². The lowest BCUT2D eigenvalue weighted by Gasteiger charge is -2.16. The molecule has 0 radical (unpaired) electrons. The summed E-state index contributed by atoms with van der Waals surface area (Å²) >= 11 is 0. The standard InChI is InChI=1S/C27H24N2O5/c1-18(25(31)28-23-15-8-7-12-20(23)19-10-3-2-4-11-19)34-24(30)16-9-17-29-26(32)21-13-5-6-14-22(21)27(29)33/h2-8,10-15,18H,9,16-17H2,1H3,(H,28,31). The maximum atomic E-state index is 12.6. The minimum atomic E-state index is -1.00. The molecule has 34 heavy (non-hydrogen) atoms. The Morgan fingerprint density at radius 2 is 1.38 bits per heavy atom. The van der Waals surface area contributed by atoms with Crippen LogP contribution in [0.3, 0.4) is 0 Å². The molecule has 0 aliphatic carbocycles. The smallest absolute Gasteiger partial charge is 0.306 e. The predicted molar refractivity (Wildman–Crippen MR) is 127 cm³/mol. The summed E-state index contributed by atoms with van der Waals surface area (Å²) in [6.07, 6.45) is -0.781. The average Bonchev–Trinajstić information content (AvgIpc) is 3.10. The molecule has 1 atom stereocenters. The number of carbonyl (C=O) groups is 4. The highest BCUT2D eigenvalue weighted by Gasteiger charge is 2.34. The van der Waals surface area contributed by atoms with Crippen molar-refractivity contribution in [2.45, 2.75) is 25.9 Å². The Labute approximate surface area is 197 Å². The molecule has 0 saturated carbocycles. The molecule has 4 rings (SSSR count). The molecule has 1 N–H and O–H groups in total. The van der Waals surface area contributed by atoms with Gasteiger partial charge < -0.3 is 10.1 Å². The van der Waals surface area contributed by atoms with Crippen LogP contribution in [0.4, 0.5) is 5.69 Å². The molecule has 7 heteroatoms. The number of para-hydroxylation sites is 1. The summed E-state index contributed by atoms with van der Waals surface area (Å²) in [7, 11) is 0. The molecule has 7 nitrogen and oxygen atoms in total. The first-order valence-corrected chi connectivity index (χ1v) is 11.1. The maximum absolute atomic E-state index is 12.6. The van der Waals surface area contributed by atoms with Gasteiger partial charge in [-0.25, -0.2) is 0 Å². The molecular weight excluding hydrogens is 432 g/mol. The van der Waals surface area contributed by atoms with E-state index in [0.717, 1.165) is 16.0 Å². The second-order valence-corrected chi connectivity index (χ2v) is 7.94. The summed E-state index contributed by atoms with van der Waals surface area (Å²) in [5, 5.41) is 2.82. The number of carbonyl (C=O) groups excluding carboxylic acids is 4. The van der Waals surface area contributed by atoms with Crippen molar-refractivity contribution < 1.29 is 23.9 Å². The zero-order valence-corrected chi connectivity index (χ0v) is 18.7. The van der Waals surface area contributed by atoms with Crippen LogP contribution in [0.5, 0.6) is 0 Å². The monoisotopic (exact) mass is 456 g/mol. The van der Waals surface area contributed by atoms with E-state index in [4.69, 9.17) is 4.74 Å². The lowest BCUT2D eigenvalue weighted by atomic mass is 10.0. The normalized spacial score (nSPS) is 13.4. The van der Waals surface area contributed by atoms with E-state index >= 15 is 0 Å². The molecule has 1 aliphatic heterocycles. The van der Waals surface area contributed by atoms with Crippen molar-refractivity contribution in [1.29, 1.82) is 0 Å². The molecule has 172 valence electrons. The highest BCUT2D eigenvalue weighted by Crippen LogP contribution is 2.28. The highest BCUT2D eigenvalue weighted by molar-refractivity contribution is 6.21. The third-order valence-corrected chi connectivity index (χ3v) is 5.59. The Balaban J connectivity index is 1.28. The number of amides is 3. The number of fused-ring (bicyclic) bond motifs is 1. The van der Waals surface area contributed by atoms with E-state index in [9.17, 15) is 19.2 Å². The van der Waals surface area contributed by atoms with Gasteiger partial charge in [-0.2, -0.15) is 0 Å². The predicted octanol–water partition coefficient (Wildman–Crippen LogP) is 4.30. The van der Waals surface area contributed by atoms with Crippen molar-refractivity contribution >= 4 is 29.4 Å². The van der Waals surface area contributed by atoms with Crippen LogP contribution in [-0.4, -0.2) is 41.2 Å². The zero-order valence-electron chi connectivity index (χ0n) is 18.7.